The van der Waals surface area contributed by atoms with Crippen LogP contribution in [-0.4, -0.2) is 15.9 Å². The molecule has 0 saturated carbocycles. The molecule has 0 amide bonds. The summed E-state index contributed by atoms with van der Waals surface area (Å²) in [5.74, 6) is 1.04. The van der Waals surface area contributed by atoms with Gasteiger partial charge in [0.15, 0.2) is 4.96 Å². The van der Waals surface area contributed by atoms with E-state index in [1.165, 1.54) is 10.6 Å². The van der Waals surface area contributed by atoms with E-state index in [1.807, 2.05) is 12.4 Å². The van der Waals surface area contributed by atoms with Gasteiger partial charge in [0.25, 0.3) is 0 Å². The number of fused-ring (bicyclic) bond motifs is 1. The normalized spacial score (nSPS) is 13.9. The van der Waals surface area contributed by atoms with Crippen LogP contribution in [0.25, 0.3) is 4.96 Å². The van der Waals surface area contributed by atoms with Crippen LogP contribution in [0, 0.1) is 12.8 Å². The van der Waals surface area contributed by atoms with Gasteiger partial charge in [0, 0.05) is 35.4 Å². The number of imidazole rings is 1. The molecule has 82 valence electrons. The van der Waals surface area contributed by atoms with Crippen molar-refractivity contribution < 1.29 is 0 Å². The molecule has 3 nitrogen and oxygen atoms in total. The van der Waals surface area contributed by atoms with E-state index >= 15 is 0 Å². The third-order valence-electron chi connectivity index (χ3n) is 2.92. The van der Waals surface area contributed by atoms with Gasteiger partial charge in [-0.3, -0.25) is 4.40 Å². The van der Waals surface area contributed by atoms with Gasteiger partial charge in [-0.2, -0.15) is 0 Å². The summed E-state index contributed by atoms with van der Waals surface area (Å²) in [4.78, 5) is 6.77. The first-order valence-corrected chi connectivity index (χ1v) is 6.09. The van der Waals surface area contributed by atoms with Gasteiger partial charge in [0.05, 0.1) is 0 Å². The topological polar surface area (TPSA) is 43.3 Å². The van der Waals surface area contributed by atoms with Gasteiger partial charge >= 0.3 is 0 Å². The van der Waals surface area contributed by atoms with E-state index in [0.29, 0.717) is 18.4 Å². The lowest BCUT2D eigenvalue weighted by atomic mass is 9.93. The number of thiazole rings is 1. The molecule has 1 atom stereocenters. The van der Waals surface area contributed by atoms with Gasteiger partial charge in [-0.05, 0) is 12.8 Å². The molecule has 0 bridgehead atoms. The van der Waals surface area contributed by atoms with Crippen molar-refractivity contribution in [3.05, 3.63) is 23.0 Å². The molecular formula is C11H17N3S. The van der Waals surface area contributed by atoms with E-state index in [-0.39, 0.29) is 0 Å². The Morgan fingerprint density at radius 1 is 1.53 bits per heavy atom. The van der Waals surface area contributed by atoms with Crippen LogP contribution in [0.1, 0.15) is 30.3 Å². The third-order valence-corrected chi connectivity index (χ3v) is 4.22. The molecule has 2 rings (SSSR count). The molecule has 2 N–H and O–H groups in total. The number of hydrogen-bond acceptors (Lipinski definition) is 3. The molecule has 0 spiro atoms. The van der Waals surface area contributed by atoms with E-state index in [2.05, 4.69) is 30.2 Å². The zero-order valence-corrected chi connectivity index (χ0v) is 10.2. The summed E-state index contributed by atoms with van der Waals surface area (Å²) in [6, 6.07) is 0. The number of aromatic nitrogens is 2. The standard InChI is InChI=1S/C11H17N3S/c1-7(2)9(6-12)10-8(3)14-5-4-13-11(14)15-10/h4-5,7,9H,6,12H2,1-3H3. The predicted octanol–water partition coefficient (Wildman–Crippen LogP) is 2.40. The Labute approximate surface area is 93.9 Å². The van der Waals surface area contributed by atoms with Gasteiger partial charge in [-0.15, -0.1) is 11.3 Å². The van der Waals surface area contributed by atoms with Crippen molar-refractivity contribution in [1.29, 1.82) is 0 Å². The minimum Gasteiger partial charge on any atom is -0.330 e. The van der Waals surface area contributed by atoms with Crippen molar-refractivity contribution in [3.63, 3.8) is 0 Å². The largest absolute Gasteiger partial charge is 0.330 e. The molecule has 0 fully saturated rings. The van der Waals surface area contributed by atoms with E-state index < -0.39 is 0 Å². The maximum atomic E-state index is 5.84. The maximum Gasteiger partial charge on any atom is 0.194 e. The smallest absolute Gasteiger partial charge is 0.194 e. The number of nitrogens with two attached hydrogens (primary N) is 1. The fourth-order valence-corrected chi connectivity index (χ4v) is 3.31. The second-order valence-corrected chi connectivity index (χ2v) is 5.23. The highest BCUT2D eigenvalue weighted by molar-refractivity contribution is 7.17. The highest BCUT2D eigenvalue weighted by Crippen LogP contribution is 2.32. The number of aryl methyl sites for hydroxylation is 1. The lowest BCUT2D eigenvalue weighted by Gasteiger charge is -2.17. The Balaban J connectivity index is 2.50. The summed E-state index contributed by atoms with van der Waals surface area (Å²) in [5.41, 5.74) is 7.13. The van der Waals surface area contributed by atoms with Crippen molar-refractivity contribution >= 4 is 16.3 Å². The van der Waals surface area contributed by atoms with E-state index in [1.54, 1.807) is 11.3 Å². The van der Waals surface area contributed by atoms with Crippen LogP contribution < -0.4 is 5.73 Å². The molecule has 0 radical (unpaired) electrons. The summed E-state index contributed by atoms with van der Waals surface area (Å²) >= 11 is 1.76. The second-order valence-electron chi connectivity index (χ2n) is 4.22. The zero-order valence-electron chi connectivity index (χ0n) is 9.40. The SMILES string of the molecule is Cc1c(C(CN)C(C)C)sc2nccn12. The maximum absolute atomic E-state index is 5.84. The van der Waals surface area contributed by atoms with Crippen LogP contribution in [0.5, 0.6) is 0 Å². The lowest BCUT2D eigenvalue weighted by molar-refractivity contribution is 0.510. The van der Waals surface area contributed by atoms with Crippen LogP contribution >= 0.6 is 11.3 Å². The summed E-state index contributed by atoms with van der Waals surface area (Å²) < 4.78 is 2.14. The van der Waals surface area contributed by atoms with E-state index in [4.69, 9.17) is 5.73 Å². The molecule has 2 heterocycles. The lowest BCUT2D eigenvalue weighted by Crippen LogP contribution is -2.17. The van der Waals surface area contributed by atoms with Crippen molar-refractivity contribution in [1.82, 2.24) is 9.38 Å². The van der Waals surface area contributed by atoms with Gasteiger partial charge in [-0.25, -0.2) is 4.98 Å². The molecule has 0 aliphatic heterocycles. The van der Waals surface area contributed by atoms with Gasteiger partial charge in [-0.1, -0.05) is 13.8 Å². The first kappa shape index (κ1) is 10.6. The second kappa shape index (κ2) is 3.94. The summed E-state index contributed by atoms with van der Waals surface area (Å²) in [7, 11) is 0. The molecule has 1 unspecified atom stereocenters. The molecular weight excluding hydrogens is 206 g/mol. The van der Waals surface area contributed by atoms with Crippen LogP contribution in [0.15, 0.2) is 12.4 Å². The van der Waals surface area contributed by atoms with Crippen molar-refractivity contribution in [2.75, 3.05) is 6.54 Å². The zero-order chi connectivity index (χ0) is 11.0. The van der Waals surface area contributed by atoms with Crippen LogP contribution in [0.3, 0.4) is 0 Å². The fourth-order valence-electron chi connectivity index (χ4n) is 1.94. The summed E-state index contributed by atoms with van der Waals surface area (Å²) in [6.45, 7) is 7.30. The molecule has 2 aromatic heterocycles. The molecule has 2 aromatic rings. The molecule has 0 aliphatic rings. The monoisotopic (exact) mass is 223 g/mol. The Morgan fingerprint density at radius 2 is 2.27 bits per heavy atom. The van der Waals surface area contributed by atoms with Crippen molar-refractivity contribution in [3.8, 4) is 0 Å². The fraction of sp³-hybridized carbons (Fsp3) is 0.545. The minimum absolute atomic E-state index is 0.455. The van der Waals surface area contributed by atoms with Gasteiger partial charge < -0.3 is 5.73 Å². The minimum atomic E-state index is 0.455. The molecule has 0 saturated heterocycles. The van der Waals surface area contributed by atoms with E-state index in [9.17, 15) is 0 Å². The van der Waals surface area contributed by atoms with E-state index in [0.717, 1.165) is 4.96 Å². The van der Waals surface area contributed by atoms with Crippen LogP contribution in [0.4, 0.5) is 0 Å². The van der Waals surface area contributed by atoms with Crippen molar-refractivity contribution in [2.45, 2.75) is 26.7 Å². The Bertz CT molecular complexity index is 455. The average molecular weight is 223 g/mol. The Kier molecular flexibility index (Phi) is 2.80. The third kappa shape index (κ3) is 1.68. The molecule has 0 aromatic carbocycles. The van der Waals surface area contributed by atoms with Gasteiger partial charge in [0.1, 0.15) is 0 Å². The highest BCUT2D eigenvalue weighted by Gasteiger charge is 2.20. The van der Waals surface area contributed by atoms with Gasteiger partial charge in [0.2, 0.25) is 0 Å². The average Bonchev–Trinajstić information content (AvgIpc) is 2.72. The number of rotatable bonds is 3. The van der Waals surface area contributed by atoms with Crippen LogP contribution in [-0.2, 0) is 0 Å². The first-order chi connectivity index (χ1) is 7.15. The van der Waals surface area contributed by atoms with Crippen LogP contribution in [0.2, 0.25) is 0 Å². The number of nitrogens with zero attached hydrogens (tertiary/aromatic N) is 2. The highest BCUT2D eigenvalue weighted by atomic mass is 32.1. The summed E-state index contributed by atoms with van der Waals surface area (Å²) in [6.07, 6.45) is 3.86. The Morgan fingerprint density at radius 3 is 2.80 bits per heavy atom. The Hall–Kier alpha value is -0.870. The molecule has 4 heteroatoms. The molecule has 15 heavy (non-hydrogen) atoms. The van der Waals surface area contributed by atoms with Crippen molar-refractivity contribution in [2.24, 2.45) is 11.7 Å². The quantitative estimate of drug-likeness (QED) is 0.868. The number of hydrogen-bond donors (Lipinski definition) is 1. The first-order valence-electron chi connectivity index (χ1n) is 5.27. The summed E-state index contributed by atoms with van der Waals surface area (Å²) in [5, 5.41) is 0. The molecule has 0 aliphatic carbocycles. The predicted molar refractivity (Wildman–Crippen MR) is 64.4 cm³/mol.